The number of ketones is 2. The molecule has 3 fully saturated rings. The van der Waals surface area contributed by atoms with E-state index in [2.05, 4.69) is 10.6 Å². The van der Waals surface area contributed by atoms with Gasteiger partial charge in [0.1, 0.15) is 23.7 Å². The molecule has 3 N–H and O–H groups in total. The van der Waals surface area contributed by atoms with Crippen LogP contribution in [-0.4, -0.2) is 52.6 Å². The van der Waals surface area contributed by atoms with Crippen molar-refractivity contribution in [2.24, 2.45) is 29.1 Å². The van der Waals surface area contributed by atoms with Crippen molar-refractivity contribution in [3.05, 3.63) is 54.6 Å². The largest absolute Gasteiger partial charge is 0.490 e. The molecule has 47 heavy (non-hydrogen) atoms. The van der Waals surface area contributed by atoms with Crippen LogP contribution in [0.1, 0.15) is 85.0 Å². The van der Waals surface area contributed by atoms with Gasteiger partial charge < -0.3 is 20.5 Å². The predicted molar refractivity (Wildman–Crippen MR) is 177 cm³/mol. The van der Waals surface area contributed by atoms with Gasteiger partial charge in [0.15, 0.2) is 5.78 Å². The molecule has 3 saturated carbocycles. The molecule has 0 heterocycles. The third kappa shape index (κ3) is 8.11. The summed E-state index contributed by atoms with van der Waals surface area (Å²) in [6, 6.07) is 15.9. The van der Waals surface area contributed by atoms with Crippen molar-refractivity contribution < 1.29 is 33.8 Å². The number of carbonyl (C=O) groups excluding carboxylic acids is 4. The average Bonchev–Trinajstić information content (AvgIpc) is 3.73. The molecule has 9 nitrogen and oxygen atoms in total. The zero-order valence-corrected chi connectivity index (χ0v) is 27.7. The lowest BCUT2D eigenvalue weighted by Gasteiger charge is -2.33. The van der Waals surface area contributed by atoms with Gasteiger partial charge in [0.2, 0.25) is 11.8 Å². The van der Waals surface area contributed by atoms with Gasteiger partial charge in [-0.2, -0.15) is 0 Å². The SMILES string of the molecule is CC(=O)N[C@H](C(=O)N[C@H](C(=O)C1C[C@H](Oc2ccccc2-c2ccccc2)C[C@H]1C(=O)CC1(C(=O)O)CC1)C(C)C)C1CCCCC1. The highest BCUT2D eigenvalue weighted by atomic mass is 16.5. The smallest absolute Gasteiger partial charge is 0.310 e. The van der Waals surface area contributed by atoms with E-state index in [1.54, 1.807) is 0 Å². The predicted octanol–water partition coefficient (Wildman–Crippen LogP) is 5.75. The minimum Gasteiger partial charge on any atom is -0.490 e. The van der Waals surface area contributed by atoms with E-state index < -0.39 is 41.4 Å². The molecule has 3 aliphatic rings. The molecular formula is C38H48N2O7. The summed E-state index contributed by atoms with van der Waals surface area (Å²) in [5.74, 6) is -3.26. The van der Waals surface area contributed by atoms with Crippen LogP contribution in [0.3, 0.4) is 0 Å². The quantitative estimate of drug-likeness (QED) is 0.238. The number of nitrogens with one attached hydrogen (secondary N) is 2. The summed E-state index contributed by atoms with van der Waals surface area (Å²) >= 11 is 0. The summed E-state index contributed by atoms with van der Waals surface area (Å²) in [4.78, 5) is 66.1. The van der Waals surface area contributed by atoms with Crippen LogP contribution in [0.2, 0.25) is 0 Å². The summed E-state index contributed by atoms with van der Waals surface area (Å²) < 4.78 is 6.54. The highest BCUT2D eigenvalue weighted by molar-refractivity contribution is 5.98. The van der Waals surface area contributed by atoms with Crippen LogP contribution in [0.25, 0.3) is 11.1 Å². The van der Waals surface area contributed by atoms with Crippen molar-refractivity contribution in [1.29, 1.82) is 0 Å². The standard InChI is InChI=1S/C38H48N2O7/c1-23(2)33(40-36(44)34(39-24(3)41)26-14-8-5-9-15-26)35(43)30-21-27(20-29(30)31(42)22-38(18-19-38)37(45)46)47-32-17-11-10-16-28(32)25-12-6-4-7-13-25/h4,6-7,10-13,16-17,23,26-27,29-30,33-34H,5,8-9,14-15,18-22H2,1-3H3,(H,39,41)(H,40,44)(H,45,46)/t27-,29-,30?,33+,34+/m1/s1. The van der Waals surface area contributed by atoms with E-state index in [9.17, 15) is 29.1 Å². The molecule has 5 rings (SSSR count). The number of ether oxygens (including phenoxy) is 1. The van der Waals surface area contributed by atoms with E-state index in [-0.39, 0.29) is 54.5 Å². The van der Waals surface area contributed by atoms with E-state index in [1.807, 2.05) is 68.4 Å². The Morgan fingerprint density at radius 3 is 2.13 bits per heavy atom. The van der Waals surface area contributed by atoms with Crippen molar-refractivity contribution in [3.8, 4) is 16.9 Å². The maximum Gasteiger partial charge on any atom is 0.310 e. The van der Waals surface area contributed by atoms with Crippen LogP contribution < -0.4 is 15.4 Å². The van der Waals surface area contributed by atoms with Crippen LogP contribution in [0.15, 0.2) is 54.6 Å². The van der Waals surface area contributed by atoms with Crippen LogP contribution >= 0.6 is 0 Å². The zero-order chi connectivity index (χ0) is 33.7. The van der Waals surface area contributed by atoms with Gasteiger partial charge in [0.05, 0.1) is 11.5 Å². The number of carbonyl (C=O) groups is 5. The van der Waals surface area contributed by atoms with Gasteiger partial charge in [-0.3, -0.25) is 24.0 Å². The first-order chi connectivity index (χ1) is 22.5. The molecule has 2 amide bonds. The lowest BCUT2D eigenvalue weighted by atomic mass is 9.79. The Kier molecular flexibility index (Phi) is 10.8. The Bertz CT molecular complexity index is 1460. The number of hydrogen-bond acceptors (Lipinski definition) is 6. The third-order valence-corrected chi connectivity index (χ3v) is 10.4. The Morgan fingerprint density at radius 1 is 0.872 bits per heavy atom. The summed E-state index contributed by atoms with van der Waals surface area (Å²) in [7, 11) is 0. The highest BCUT2D eigenvalue weighted by Gasteiger charge is 2.54. The molecule has 2 aromatic carbocycles. The van der Waals surface area contributed by atoms with Gasteiger partial charge in [0, 0.05) is 30.7 Å². The van der Waals surface area contributed by atoms with Crippen molar-refractivity contribution in [1.82, 2.24) is 10.6 Å². The molecule has 5 atom stereocenters. The highest BCUT2D eigenvalue weighted by Crippen LogP contribution is 2.51. The van der Waals surface area contributed by atoms with Gasteiger partial charge in [-0.05, 0) is 62.0 Å². The molecule has 0 spiro atoms. The van der Waals surface area contributed by atoms with Crippen molar-refractivity contribution in [3.63, 3.8) is 0 Å². The summed E-state index contributed by atoms with van der Waals surface area (Å²) in [5.41, 5.74) is 0.821. The lowest BCUT2D eigenvalue weighted by Crippen LogP contribution is -2.56. The first-order valence-electron chi connectivity index (χ1n) is 17.2. The molecular weight excluding hydrogens is 596 g/mol. The number of carboxylic acids is 1. The number of Topliss-reactive ketones (excluding diaryl/α,β-unsaturated/α-hetero) is 2. The maximum absolute atomic E-state index is 14.4. The molecule has 0 aliphatic heterocycles. The molecule has 0 radical (unpaired) electrons. The molecule has 1 unspecified atom stereocenters. The Morgan fingerprint density at radius 2 is 1.51 bits per heavy atom. The average molecular weight is 645 g/mol. The number of rotatable bonds is 14. The second-order valence-electron chi connectivity index (χ2n) is 14.2. The van der Waals surface area contributed by atoms with Gasteiger partial charge in [-0.15, -0.1) is 0 Å². The van der Waals surface area contributed by atoms with Crippen LogP contribution in [-0.2, 0) is 24.0 Å². The van der Waals surface area contributed by atoms with E-state index in [0.717, 1.165) is 43.2 Å². The fourth-order valence-corrected chi connectivity index (χ4v) is 7.57. The summed E-state index contributed by atoms with van der Waals surface area (Å²) in [5, 5.41) is 15.6. The lowest BCUT2D eigenvalue weighted by molar-refractivity contribution is -0.146. The number of hydrogen-bond donors (Lipinski definition) is 3. The Hall–Kier alpha value is -4.01. The van der Waals surface area contributed by atoms with Gasteiger partial charge in [-0.1, -0.05) is 81.6 Å². The van der Waals surface area contributed by atoms with E-state index in [1.165, 1.54) is 6.92 Å². The monoisotopic (exact) mass is 644 g/mol. The van der Waals surface area contributed by atoms with Gasteiger partial charge >= 0.3 is 5.97 Å². The molecule has 0 bridgehead atoms. The van der Waals surface area contributed by atoms with Crippen molar-refractivity contribution >= 4 is 29.4 Å². The number of amides is 2. The molecule has 9 heteroatoms. The van der Waals surface area contributed by atoms with Crippen LogP contribution in [0.4, 0.5) is 0 Å². The molecule has 252 valence electrons. The first kappa shape index (κ1) is 34.3. The fourth-order valence-electron chi connectivity index (χ4n) is 7.57. The number of para-hydroxylation sites is 1. The van der Waals surface area contributed by atoms with Crippen LogP contribution in [0.5, 0.6) is 5.75 Å². The van der Waals surface area contributed by atoms with E-state index in [0.29, 0.717) is 18.6 Å². The Labute approximate surface area is 277 Å². The normalized spacial score (nSPS) is 23.4. The minimum atomic E-state index is -1.05. The van der Waals surface area contributed by atoms with Crippen molar-refractivity contribution in [2.75, 3.05) is 0 Å². The molecule has 0 saturated heterocycles. The number of benzene rings is 2. The molecule has 3 aliphatic carbocycles. The maximum atomic E-state index is 14.4. The number of carboxylic acid groups (broad SMARTS) is 1. The second-order valence-corrected chi connectivity index (χ2v) is 14.2. The van der Waals surface area contributed by atoms with Gasteiger partial charge in [-0.25, -0.2) is 0 Å². The third-order valence-electron chi connectivity index (χ3n) is 10.4. The topological polar surface area (TPSA) is 139 Å². The van der Waals surface area contributed by atoms with Crippen molar-refractivity contribution in [2.45, 2.75) is 103 Å². The minimum absolute atomic E-state index is 0.00964. The van der Waals surface area contributed by atoms with E-state index >= 15 is 0 Å². The van der Waals surface area contributed by atoms with E-state index in [4.69, 9.17) is 4.74 Å². The Balaban J connectivity index is 1.39. The zero-order valence-electron chi connectivity index (χ0n) is 27.7. The fraction of sp³-hybridized carbons (Fsp3) is 0.553. The van der Waals surface area contributed by atoms with Gasteiger partial charge in [0.25, 0.3) is 0 Å². The summed E-state index contributed by atoms with van der Waals surface area (Å²) in [6.07, 6.45) is 5.59. The molecule has 0 aromatic heterocycles. The first-order valence-corrected chi connectivity index (χ1v) is 17.2. The second kappa shape index (κ2) is 14.8. The molecule has 2 aromatic rings. The van der Waals surface area contributed by atoms with Crippen LogP contribution in [0, 0.1) is 29.1 Å². The number of aliphatic carboxylic acids is 1. The summed E-state index contributed by atoms with van der Waals surface area (Å²) in [6.45, 7) is 5.11.